The molecule has 4 rings (SSSR count). The lowest BCUT2D eigenvalue weighted by Gasteiger charge is -2.24. The van der Waals surface area contributed by atoms with Crippen LogP contribution in [0.5, 0.6) is 11.5 Å². The molecule has 3 aliphatic rings. The molecule has 8 heteroatoms. The zero-order valence-corrected chi connectivity index (χ0v) is 14.2. The fraction of sp³-hybridized carbons (Fsp3) is 0.500. The van der Waals surface area contributed by atoms with Crippen LogP contribution in [0.15, 0.2) is 18.2 Å². The molecule has 0 aromatic heterocycles. The first-order valence-electron chi connectivity index (χ1n) is 8.75. The third kappa shape index (κ3) is 3.18. The van der Waals surface area contributed by atoms with Gasteiger partial charge in [0.15, 0.2) is 11.5 Å². The van der Waals surface area contributed by atoms with Crippen molar-refractivity contribution in [1.82, 2.24) is 4.90 Å². The highest BCUT2D eigenvalue weighted by Gasteiger charge is 2.42. The first kappa shape index (κ1) is 16.7. The minimum atomic E-state index is -1.03. The van der Waals surface area contributed by atoms with Gasteiger partial charge >= 0.3 is 5.97 Å². The number of carbonyl (C=O) groups is 3. The molecule has 1 aromatic rings. The second-order valence-corrected chi connectivity index (χ2v) is 6.82. The van der Waals surface area contributed by atoms with E-state index in [0.717, 1.165) is 12.8 Å². The Labute approximate surface area is 150 Å². The third-order valence-corrected chi connectivity index (χ3v) is 4.89. The molecule has 0 bridgehead atoms. The average molecular weight is 360 g/mol. The lowest BCUT2D eigenvalue weighted by Crippen LogP contribution is -2.42. The van der Waals surface area contributed by atoms with Crippen LogP contribution in [0.25, 0.3) is 0 Å². The number of hydrogen-bond acceptors (Lipinski definition) is 5. The highest BCUT2D eigenvalue weighted by atomic mass is 16.6. The molecule has 2 heterocycles. The predicted octanol–water partition coefficient (Wildman–Crippen LogP) is 0.886. The van der Waals surface area contributed by atoms with Crippen molar-refractivity contribution in [2.24, 2.45) is 5.92 Å². The highest BCUT2D eigenvalue weighted by molar-refractivity contribution is 6.01. The molecule has 1 aliphatic carbocycles. The molecule has 0 spiro atoms. The van der Waals surface area contributed by atoms with Gasteiger partial charge in [-0.05, 0) is 25.0 Å². The molecule has 0 radical (unpaired) electrons. The van der Waals surface area contributed by atoms with E-state index in [2.05, 4.69) is 0 Å². The number of fused-ring (bicyclic) bond motifs is 1. The maximum Gasteiger partial charge on any atom is 0.323 e. The fourth-order valence-electron chi connectivity index (χ4n) is 3.48. The van der Waals surface area contributed by atoms with E-state index in [1.807, 2.05) is 0 Å². The molecule has 1 saturated heterocycles. The van der Waals surface area contributed by atoms with Gasteiger partial charge in [0, 0.05) is 30.8 Å². The Bertz CT molecular complexity index is 760. The molecule has 1 atom stereocenters. The summed E-state index contributed by atoms with van der Waals surface area (Å²) in [6.45, 7) is 0.890. The topological polar surface area (TPSA) is 96.4 Å². The molecule has 8 nitrogen and oxygen atoms in total. The first-order valence-corrected chi connectivity index (χ1v) is 8.75. The van der Waals surface area contributed by atoms with Gasteiger partial charge in [-0.15, -0.1) is 0 Å². The minimum Gasteiger partial charge on any atom is -0.486 e. The van der Waals surface area contributed by atoms with Crippen LogP contribution in [-0.2, 0) is 14.4 Å². The van der Waals surface area contributed by atoms with E-state index in [1.54, 1.807) is 23.1 Å². The van der Waals surface area contributed by atoms with Gasteiger partial charge < -0.3 is 24.4 Å². The molecular formula is C18H20N2O6. The van der Waals surface area contributed by atoms with E-state index < -0.39 is 11.9 Å². The van der Waals surface area contributed by atoms with Crippen molar-refractivity contribution >= 4 is 23.5 Å². The molecule has 1 saturated carbocycles. The summed E-state index contributed by atoms with van der Waals surface area (Å²) in [6.07, 6.45) is 1.74. The number of amides is 2. The predicted molar refractivity (Wildman–Crippen MR) is 90.3 cm³/mol. The number of rotatable bonds is 5. The van der Waals surface area contributed by atoms with Gasteiger partial charge in [0.1, 0.15) is 19.8 Å². The van der Waals surface area contributed by atoms with E-state index in [0.29, 0.717) is 30.4 Å². The lowest BCUT2D eigenvalue weighted by molar-refractivity contribution is -0.146. The van der Waals surface area contributed by atoms with Crippen LogP contribution in [0.3, 0.4) is 0 Å². The monoisotopic (exact) mass is 360 g/mol. The summed E-state index contributed by atoms with van der Waals surface area (Å²) in [5.41, 5.74) is 0.658. The SMILES string of the molecule is O=C(O)CN(C(=O)[C@@H]1CC(=O)N(c2ccc3c(c2)OCCO3)C1)C1CC1. The van der Waals surface area contributed by atoms with Crippen LogP contribution in [0, 0.1) is 5.92 Å². The van der Waals surface area contributed by atoms with Crippen molar-refractivity contribution in [3.8, 4) is 11.5 Å². The normalized spacial score (nSPS) is 21.6. The smallest absolute Gasteiger partial charge is 0.323 e. The standard InChI is InChI=1S/C18H20N2O6/c21-16-7-11(18(24)20(10-17(22)23)12-1-2-12)9-19(16)13-3-4-14-15(8-13)26-6-5-25-14/h3-4,8,11-12H,1-2,5-7,9-10H2,(H,22,23)/t11-/m1/s1. The van der Waals surface area contributed by atoms with Crippen molar-refractivity contribution in [1.29, 1.82) is 0 Å². The van der Waals surface area contributed by atoms with Crippen molar-refractivity contribution in [3.05, 3.63) is 18.2 Å². The van der Waals surface area contributed by atoms with Gasteiger partial charge in [-0.25, -0.2) is 0 Å². The Morgan fingerprint density at radius 2 is 1.92 bits per heavy atom. The summed E-state index contributed by atoms with van der Waals surface area (Å²) in [5.74, 6) is -0.717. The quantitative estimate of drug-likeness (QED) is 0.838. The largest absolute Gasteiger partial charge is 0.486 e. The Kier molecular flexibility index (Phi) is 4.18. The Balaban J connectivity index is 1.49. The molecule has 0 unspecified atom stereocenters. The maximum absolute atomic E-state index is 12.8. The van der Waals surface area contributed by atoms with Gasteiger partial charge in [-0.3, -0.25) is 14.4 Å². The Morgan fingerprint density at radius 1 is 1.19 bits per heavy atom. The molecule has 26 heavy (non-hydrogen) atoms. The average Bonchev–Trinajstić information content (AvgIpc) is 3.40. The van der Waals surface area contributed by atoms with Crippen LogP contribution >= 0.6 is 0 Å². The zero-order valence-electron chi connectivity index (χ0n) is 14.2. The number of carbonyl (C=O) groups excluding carboxylic acids is 2. The Hall–Kier alpha value is -2.77. The van der Waals surface area contributed by atoms with Gasteiger partial charge in [0.2, 0.25) is 11.8 Å². The molecule has 138 valence electrons. The minimum absolute atomic E-state index is 0.00274. The molecule has 2 amide bonds. The lowest BCUT2D eigenvalue weighted by atomic mass is 10.1. The molecule has 2 aliphatic heterocycles. The van der Waals surface area contributed by atoms with Crippen LogP contribution in [-0.4, -0.2) is 60.1 Å². The summed E-state index contributed by atoms with van der Waals surface area (Å²) in [6, 6.07) is 5.27. The molecule has 2 fully saturated rings. The van der Waals surface area contributed by atoms with Crippen molar-refractivity contribution in [2.75, 3.05) is 31.2 Å². The number of anilines is 1. The zero-order chi connectivity index (χ0) is 18.3. The van der Waals surface area contributed by atoms with Crippen LogP contribution in [0.4, 0.5) is 5.69 Å². The first-order chi connectivity index (χ1) is 12.5. The summed E-state index contributed by atoms with van der Waals surface area (Å²) in [5, 5.41) is 9.05. The number of benzene rings is 1. The van der Waals surface area contributed by atoms with E-state index in [9.17, 15) is 14.4 Å². The van der Waals surface area contributed by atoms with Crippen LogP contribution < -0.4 is 14.4 Å². The van der Waals surface area contributed by atoms with Crippen molar-refractivity contribution in [2.45, 2.75) is 25.3 Å². The van der Waals surface area contributed by atoms with Crippen molar-refractivity contribution in [3.63, 3.8) is 0 Å². The summed E-state index contributed by atoms with van der Waals surface area (Å²) < 4.78 is 11.0. The van der Waals surface area contributed by atoms with E-state index in [4.69, 9.17) is 14.6 Å². The van der Waals surface area contributed by atoms with Gasteiger partial charge in [-0.2, -0.15) is 0 Å². The van der Waals surface area contributed by atoms with Gasteiger partial charge in [0.05, 0.1) is 5.92 Å². The second-order valence-electron chi connectivity index (χ2n) is 6.82. The third-order valence-electron chi connectivity index (χ3n) is 4.89. The second kappa shape index (κ2) is 6.51. The number of hydrogen-bond donors (Lipinski definition) is 1. The molecule has 1 N–H and O–H groups in total. The summed E-state index contributed by atoms with van der Waals surface area (Å²) in [4.78, 5) is 39.2. The summed E-state index contributed by atoms with van der Waals surface area (Å²) in [7, 11) is 0. The number of aliphatic carboxylic acids is 1. The summed E-state index contributed by atoms with van der Waals surface area (Å²) >= 11 is 0. The molecule has 1 aromatic carbocycles. The van der Waals surface area contributed by atoms with Crippen LogP contribution in [0.2, 0.25) is 0 Å². The Morgan fingerprint density at radius 3 is 2.62 bits per heavy atom. The maximum atomic E-state index is 12.8. The number of ether oxygens (including phenoxy) is 2. The highest BCUT2D eigenvalue weighted by Crippen LogP contribution is 2.37. The van der Waals surface area contributed by atoms with Gasteiger partial charge in [-0.1, -0.05) is 0 Å². The number of carboxylic acid groups (broad SMARTS) is 1. The van der Waals surface area contributed by atoms with Crippen LogP contribution in [0.1, 0.15) is 19.3 Å². The van der Waals surface area contributed by atoms with E-state index in [1.165, 1.54) is 4.90 Å². The van der Waals surface area contributed by atoms with E-state index in [-0.39, 0.29) is 37.4 Å². The molecular weight excluding hydrogens is 340 g/mol. The van der Waals surface area contributed by atoms with Gasteiger partial charge in [0.25, 0.3) is 0 Å². The van der Waals surface area contributed by atoms with E-state index >= 15 is 0 Å². The fourth-order valence-corrected chi connectivity index (χ4v) is 3.48. The van der Waals surface area contributed by atoms with Crippen molar-refractivity contribution < 1.29 is 29.0 Å². The number of nitrogens with zero attached hydrogens (tertiary/aromatic N) is 2. The number of carboxylic acids is 1.